The lowest BCUT2D eigenvalue weighted by Crippen LogP contribution is -2.20. The van der Waals surface area contributed by atoms with Crippen molar-refractivity contribution in [3.05, 3.63) is 38.7 Å². The fourth-order valence-electron chi connectivity index (χ4n) is 1.91. The van der Waals surface area contributed by atoms with Crippen LogP contribution in [0.3, 0.4) is 0 Å². The molecule has 112 valence electrons. The average Bonchev–Trinajstić information content (AvgIpc) is 2.91. The number of anilines is 2. The molecule has 7 nitrogen and oxygen atoms in total. The van der Waals surface area contributed by atoms with Crippen molar-refractivity contribution in [2.75, 3.05) is 17.2 Å². The van der Waals surface area contributed by atoms with Crippen LogP contribution < -0.4 is 10.6 Å². The molecule has 0 fully saturated rings. The van der Waals surface area contributed by atoms with Crippen molar-refractivity contribution in [1.82, 2.24) is 9.97 Å². The van der Waals surface area contributed by atoms with E-state index in [1.165, 1.54) is 11.8 Å². The summed E-state index contributed by atoms with van der Waals surface area (Å²) >= 11 is 1.63. The van der Waals surface area contributed by atoms with Crippen LogP contribution in [0.25, 0.3) is 0 Å². The van der Waals surface area contributed by atoms with E-state index in [2.05, 4.69) is 26.0 Å². The van der Waals surface area contributed by atoms with Gasteiger partial charge in [0, 0.05) is 12.6 Å². The van der Waals surface area contributed by atoms with Gasteiger partial charge in [-0.25, -0.2) is 4.98 Å². The normalized spacial score (nSPS) is 11.9. The first-order valence-electron chi connectivity index (χ1n) is 6.63. The summed E-state index contributed by atoms with van der Waals surface area (Å²) in [5.74, 6) is 0.627. The van der Waals surface area contributed by atoms with E-state index < -0.39 is 4.92 Å². The smallest absolute Gasteiger partial charge is 0.329 e. The van der Waals surface area contributed by atoms with E-state index in [0.29, 0.717) is 12.5 Å². The molecule has 2 aromatic heterocycles. The lowest BCUT2D eigenvalue weighted by atomic mass is 10.1. The number of aromatic nitrogens is 2. The van der Waals surface area contributed by atoms with Crippen molar-refractivity contribution in [2.45, 2.75) is 26.3 Å². The molecule has 1 unspecified atom stereocenters. The lowest BCUT2D eigenvalue weighted by Gasteiger charge is -2.14. The van der Waals surface area contributed by atoms with Crippen molar-refractivity contribution in [3.8, 4) is 0 Å². The van der Waals surface area contributed by atoms with Gasteiger partial charge in [-0.3, -0.25) is 10.1 Å². The highest BCUT2D eigenvalue weighted by Gasteiger charge is 2.19. The van der Waals surface area contributed by atoms with Crippen molar-refractivity contribution < 1.29 is 4.92 Å². The summed E-state index contributed by atoms with van der Waals surface area (Å²) in [6.07, 6.45) is 2.01. The first-order chi connectivity index (χ1) is 10.1. The molecule has 2 aromatic rings. The lowest BCUT2D eigenvalue weighted by molar-refractivity contribution is -0.384. The van der Waals surface area contributed by atoms with Crippen LogP contribution in [0, 0.1) is 10.1 Å². The highest BCUT2D eigenvalue weighted by Crippen LogP contribution is 2.23. The number of rotatable bonds is 7. The zero-order chi connectivity index (χ0) is 15.2. The molecule has 0 saturated heterocycles. The molecule has 1 atom stereocenters. The van der Waals surface area contributed by atoms with Crippen LogP contribution in [0.5, 0.6) is 0 Å². The summed E-state index contributed by atoms with van der Waals surface area (Å²) in [6, 6.07) is 2.07. The Balaban J connectivity index is 2.15. The third kappa shape index (κ3) is 4.12. The average molecular weight is 307 g/mol. The molecule has 0 spiro atoms. The first-order valence-corrected chi connectivity index (χ1v) is 7.57. The number of nitrogens with zero attached hydrogens (tertiary/aromatic N) is 3. The topological polar surface area (TPSA) is 93.0 Å². The van der Waals surface area contributed by atoms with E-state index >= 15 is 0 Å². The zero-order valence-corrected chi connectivity index (χ0v) is 12.7. The van der Waals surface area contributed by atoms with Gasteiger partial charge in [-0.2, -0.15) is 16.3 Å². The highest BCUT2D eigenvalue weighted by atomic mass is 32.1. The molecular weight excluding hydrogens is 290 g/mol. The van der Waals surface area contributed by atoms with Crippen LogP contribution in [0.2, 0.25) is 0 Å². The fourth-order valence-corrected chi connectivity index (χ4v) is 2.59. The van der Waals surface area contributed by atoms with Gasteiger partial charge in [-0.05, 0) is 42.7 Å². The van der Waals surface area contributed by atoms with Gasteiger partial charge in [-0.1, -0.05) is 0 Å². The third-order valence-electron chi connectivity index (χ3n) is 2.81. The summed E-state index contributed by atoms with van der Waals surface area (Å²) in [5, 5.41) is 21.2. The van der Waals surface area contributed by atoms with Crippen molar-refractivity contribution in [2.24, 2.45) is 0 Å². The van der Waals surface area contributed by atoms with E-state index in [4.69, 9.17) is 0 Å². The van der Waals surface area contributed by atoms with Gasteiger partial charge in [0.2, 0.25) is 11.8 Å². The van der Waals surface area contributed by atoms with Crippen LogP contribution in [0.4, 0.5) is 17.5 Å². The summed E-state index contributed by atoms with van der Waals surface area (Å²) < 4.78 is 0. The minimum Gasteiger partial charge on any atom is -0.361 e. The molecule has 0 aliphatic carbocycles. The van der Waals surface area contributed by atoms with Crippen LogP contribution in [0.15, 0.2) is 23.0 Å². The maximum absolute atomic E-state index is 11.1. The highest BCUT2D eigenvalue weighted by molar-refractivity contribution is 7.07. The van der Waals surface area contributed by atoms with Gasteiger partial charge in [0.25, 0.3) is 0 Å². The Morgan fingerprint density at radius 2 is 2.33 bits per heavy atom. The monoisotopic (exact) mass is 307 g/mol. The van der Waals surface area contributed by atoms with E-state index in [-0.39, 0.29) is 17.5 Å². The second kappa shape index (κ2) is 6.98. The number of nitrogens with one attached hydrogen (secondary N) is 2. The Labute approximate surface area is 126 Å². The van der Waals surface area contributed by atoms with Gasteiger partial charge < -0.3 is 10.6 Å². The van der Waals surface area contributed by atoms with Crippen molar-refractivity contribution in [1.29, 1.82) is 0 Å². The molecule has 0 aromatic carbocycles. The quantitative estimate of drug-likeness (QED) is 0.603. The minimum absolute atomic E-state index is 0.0303. The number of hydrogen-bond acceptors (Lipinski definition) is 7. The van der Waals surface area contributed by atoms with Gasteiger partial charge in [0.1, 0.15) is 6.20 Å². The Kier molecular flexibility index (Phi) is 5.04. The summed E-state index contributed by atoms with van der Waals surface area (Å²) in [6.45, 7) is 4.54. The Bertz CT molecular complexity index is 603. The maximum Gasteiger partial charge on any atom is 0.329 e. The largest absolute Gasteiger partial charge is 0.361 e. The predicted octanol–water partition coefficient (Wildman–Crippen LogP) is 2.92. The predicted molar refractivity (Wildman–Crippen MR) is 84.0 cm³/mol. The van der Waals surface area contributed by atoms with Crippen molar-refractivity contribution >= 4 is 28.8 Å². The second-order valence-corrected chi connectivity index (χ2v) is 5.38. The molecule has 21 heavy (non-hydrogen) atoms. The number of thiophene rings is 1. The summed E-state index contributed by atoms with van der Waals surface area (Å²) in [7, 11) is 0. The van der Waals surface area contributed by atoms with Crippen LogP contribution in [0.1, 0.15) is 19.4 Å². The van der Waals surface area contributed by atoms with Gasteiger partial charge >= 0.3 is 5.69 Å². The molecule has 0 aliphatic heterocycles. The first kappa shape index (κ1) is 15.2. The number of hydrogen-bond donors (Lipinski definition) is 2. The third-order valence-corrected chi connectivity index (χ3v) is 3.54. The molecule has 2 N–H and O–H groups in total. The van der Waals surface area contributed by atoms with E-state index in [0.717, 1.165) is 6.42 Å². The summed E-state index contributed by atoms with van der Waals surface area (Å²) in [5.41, 5.74) is 1.08. The molecule has 0 aliphatic rings. The molecule has 0 radical (unpaired) electrons. The van der Waals surface area contributed by atoms with Gasteiger partial charge in [-0.15, -0.1) is 0 Å². The second-order valence-electron chi connectivity index (χ2n) is 4.60. The standard InChI is InChI=1S/C13H17N5O2S/c1-3-14-13-15-7-11(18(19)20)12(17-13)16-9(2)6-10-4-5-21-8-10/h4-5,7-9H,3,6H2,1-2H3,(H2,14,15,16,17). The van der Waals surface area contributed by atoms with Gasteiger partial charge in [0.05, 0.1) is 4.92 Å². The van der Waals surface area contributed by atoms with E-state index in [9.17, 15) is 10.1 Å². The zero-order valence-electron chi connectivity index (χ0n) is 11.9. The van der Waals surface area contributed by atoms with Gasteiger partial charge in [0.15, 0.2) is 0 Å². The molecule has 2 rings (SSSR count). The fraction of sp³-hybridized carbons (Fsp3) is 0.385. The van der Waals surface area contributed by atoms with E-state index in [1.54, 1.807) is 11.3 Å². The summed E-state index contributed by atoms with van der Waals surface area (Å²) in [4.78, 5) is 18.7. The van der Waals surface area contributed by atoms with Crippen LogP contribution >= 0.6 is 11.3 Å². The Morgan fingerprint density at radius 3 is 2.95 bits per heavy atom. The molecule has 0 amide bonds. The maximum atomic E-state index is 11.1. The molecule has 0 bridgehead atoms. The SMILES string of the molecule is CCNc1ncc([N+](=O)[O-])c(NC(C)Cc2ccsc2)n1. The molecular formula is C13H17N5O2S. The molecule has 8 heteroatoms. The Hall–Kier alpha value is -2.22. The minimum atomic E-state index is -0.477. The number of nitro groups is 1. The molecule has 2 heterocycles. The Morgan fingerprint density at radius 1 is 1.52 bits per heavy atom. The van der Waals surface area contributed by atoms with Crippen LogP contribution in [-0.2, 0) is 6.42 Å². The van der Waals surface area contributed by atoms with Crippen LogP contribution in [-0.4, -0.2) is 27.5 Å². The van der Waals surface area contributed by atoms with E-state index in [1.807, 2.05) is 25.3 Å². The van der Waals surface area contributed by atoms with Crippen molar-refractivity contribution in [3.63, 3.8) is 0 Å². The molecule has 0 saturated carbocycles.